The van der Waals surface area contributed by atoms with E-state index < -0.39 is 0 Å². The van der Waals surface area contributed by atoms with Gasteiger partial charge >= 0.3 is 0 Å². The van der Waals surface area contributed by atoms with E-state index in [1.54, 1.807) is 12.7 Å². The maximum atomic E-state index is 4.75. The molecule has 2 aromatic rings. The second kappa shape index (κ2) is 13.5. The monoisotopic (exact) mass is 484 g/mol. The van der Waals surface area contributed by atoms with E-state index in [2.05, 4.69) is 65.8 Å². The number of unbranched alkanes of at least 4 members (excludes halogenated alkanes) is 2. The molecule has 0 aliphatic rings. The summed E-state index contributed by atoms with van der Waals surface area (Å²) in [7, 11) is 0. The van der Waals surface area contributed by atoms with E-state index in [1.165, 1.54) is 36.8 Å². The Labute approximate surface area is 180 Å². The van der Waals surface area contributed by atoms with Crippen molar-refractivity contribution < 1.29 is 0 Å². The summed E-state index contributed by atoms with van der Waals surface area (Å²) in [6.07, 6.45) is 8.27. The maximum Gasteiger partial charge on any atom is 0.191 e. The largest absolute Gasteiger partial charge is 0.357 e. The van der Waals surface area contributed by atoms with E-state index in [1.807, 2.05) is 4.68 Å². The number of aliphatic imine (C=N–C) groups is 1. The van der Waals surface area contributed by atoms with Crippen molar-refractivity contribution in [3.05, 3.63) is 48.0 Å². The molecule has 0 radical (unpaired) electrons. The first kappa shape index (κ1) is 23.4. The molecule has 0 saturated heterocycles. The number of guanidine groups is 1. The Morgan fingerprint density at radius 3 is 2.74 bits per heavy atom. The lowest BCUT2D eigenvalue weighted by Crippen LogP contribution is -2.42. The highest BCUT2D eigenvalue weighted by molar-refractivity contribution is 14.0. The van der Waals surface area contributed by atoms with E-state index in [9.17, 15) is 0 Å². The fourth-order valence-electron chi connectivity index (χ4n) is 2.82. The zero-order chi connectivity index (χ0) is 18.6. The maximum absolute atomic E-state index is 4.75. The van der Waals surface area contributed by atoms with Crippen LogP contribution in [0.5, 0.6) is 0 Å². The highest BCUT2D eigenvalue weighted by Crippen LogP contribution is 2.08. The molecule has 0 fully saturated rings. The third kappa shape index (κ3) is 9.21. The molecule has 6 nitrogen and oxygen atoms in total. The summed E-state index contributed by atoms with van der Waals surface area (Å²) < 4.78 is 1.83. The molecule has 1 unspecified atom stereocenters. The van der Waals surface area contributed by atoms with Crippen molar-refractivity contribution in [3.8, 4) is 0 Å². The predicted octanol–water partition coefficient (Wildman–Crippen LogP) is 3.97. The Bertz CT molecular complexity index is 656. The molecule has 7 heteroatoms. The zero-order valence-corrected chi connectivity index (χ0v) is 19.0. The molecule has 0 aliphatic heterocycles. The van der Waals surface area contributed by atoms with Crippen molar-refractivity contribution in [1.29, 1.82) is 0 Å². The fourth-order valence-corrected chi connectivity index (χ4v) is 2.82. The lowest BCUT2D eigenvalue weighted by Gasteiger charge is -2.17. The van der Waals surface area contributed by atoms with Gasteiger partial charge in [0.2, 0.25) is 0 Å². The minimum atomic E-state index is 0. The number of hydrogen-bond acceptors (Lipinski definition) is 3. The number of hydrogen-bond donors (Lipinski definition) is 2. The minimum Gasteiger partial charge on any atom is -0.357 e. The quantitative estimate of drug-likeness (QED) is 0.232. The van der Waals surface area contributed by atoms with Crippen LogP contribution in [0, 0.1) is 0 Å². The molecule has 1 aromatic carbocycles. The summed E-state index contributed by atoms with van der Waals surface area (Å²) in [4.78, 5) is 8.74. The SMILES string of the molecule is CCCCCC(C)NC(=NCc1cccc(Cn2cncn2)c1)NCC.I. The van der Waals surface area contributed by atoms with Gasteiger partial charge in [0.15, 0.2) is 5.96 Å². The summed E-state index contributed by atoms with van der Waals surface area (Å²) in [5.41, 5.74) is 2.40. The number of aromatic nitrogens is 3. The number of benzene rings is 1. The van der Waals surface area contributed by atoms with Gasteiger partial charge < -0.3 is 10.6 Å². The molecule has 0 spiro atoms. The first-order chi connectivity index (χ1) is 12.7. The van der Waals surface area contributed by atoms with Crippen LogP contribution in [0.15, 0.2) is 41.9 Å². The van der Waals surface area contributed by atoms with E-state index in [0.29, 0.717) is 12.6 Å². The Balaban J connectivity index is 0.00000364. The summed E-state index contributed by atoms with van der Waals surface area (Å²) >= 11 is 0. The molecule has 150 valence electrons. The lowest BCUT2D eigenvalue weighted by atomic mass is 10.1. The van der Waals surface area contributed by atoms with Crippen molar-refractivity contribution in [2.75, 3.05) is 6.54 Å². The van der Waals surface area contributed by atoms with Crippen LogP contribution in [0.1, 0.15) is 57.6 Å². The third-order valence-electron chi connectivity index (χ3n) is 4.19. The Morgan fingerprint density at radius 1 is 1.22 bits per heavy atom. The normalized spacial score (nSPS) is 12.3. The van der Waals surface area contributed by atoms with Crippen molar-refractivity contribution in [3.63, 3.8) is 0 Å². The van der Waals surface area contributed by atoms with E-state index in [0.717, 1.165) is 19.0 Å². The van der Waals surface area contributed by atoms with Gasteiger partial charge in [0.05, 0.1) is 13.1 Å². The van der Waals surface area contributed by atoms with Crippen molar-refractivity contribution in [1.82, 2.24) is 25.4 Å². The third-order valence-corrected chi connectivity index (χ3v) is 4.19. The smallest absolute Gasteiger partial charge is 0.191 e. The van der Waals surface area contributed by atoms with Crippen LogP contribution in [-0.2, 0) is 13.1 Å². The molecular formula is C20H33IN6. The molecule has 0 bridgehead atoms. The van der Waals surface area contributed by atoms with Crippen molar-refractivity contribution in [2.24, 2.45) is 4.99 Å². The van der Waals surface area contributed by atoms with Gasteiger partial charge in [-0.05, 0) is 31.4 Å². The highest BCUT2D eigenvalue weighted by Gasteiger charge is 2.05. The number of nitrogens with one attached hydrogen (secondary N) is 2. The topological polar surface area (TPSA) is 67.1 Å². The van der Waals surface area contributed by atoms with E-state index in [-0.39, 0.29) is 24.0 Å². The van der Waals surface area contributed by atoms with Crippen molar-refractivity contribution in [2.45, 2.75) is 65.6 Å². The molecule has 0 amide bonds. The van der Waals surface area contributed by atoms with Gasteiger partial charge in [0, 0.05) is 12.6 Å². The summed E-state index contributed by atoms with van der Waals surface area (Å²) in [5, 5.41) is 11.0. The van der Waals surface area contributed by atoms with Gasteiger partial charge in [-0.1, -0.05) is 50.5 Å². The Morgan fingerprint density at radius 2 is 2.04 bits per heavy atom. The average Bonchev–Trinajstić information content (AvgIpc) is 3.13. The second-order valence-electron chi connectivity index (χ2n) is 6.65. The van der Waals surface area contributed by atoms with Crippen LogP contribution in [0.3, 0.4) is 0 Å². The van der Waals surface area contributed by atoms with Crippen molar-refractivity contribution >= 4 is 29.9 Å². The summed E-state index contributed by atoms with van der Waals surface area (Å²) in [5.74, 6) is 0.887. The average molecular weight is 484 g/mol. The lowest BCUT2D eigenvalue weighted by molar-refractivity contribution is 0.547. The van der Waals surface area contributed by atoms with E-state index >= 15 is 0 Å². The fraction of sp³-hybridized carbons (Fsp3) is 0.550. The number of halogens is 1. The van der Waals surface area contributed by atoms with Crippen LogP contribution < -0.4 is 10.6 Å². The van der Waals surface area contributed by atoms with Crippen LogP contribution in [0.4, 0.5) is 0 Å². The minimum absolute atomic E-state index is 0. The zero-order valence-electron chi connectivity index (χ0n) is 16.7. The molecule has 1 heterocycles. The highest BCUT2D eigenvalue weighted by atomic mass is 127. The summed E-state index contributed by atoms with van der Waals surface area (Å²) in [6.45, 7) is 8.80. The molecule has 1 aromatic heterocycles. The van der Waals surface area contributed by atoms with Crippen LogP contribution >= 0.6 is 24.0 Å². The standard InChI is InChI=1S/C20H32N6.HI/c1-4-6-7-9-17(3)25-20(22-5-2)23-13-18-10-8-11-19(12-18)14-26-16-21-15-24-26;/h8,10-12,15-17H,4-7,9,13-14H2,1-3H3,(H2,22,23,25);1H. The molecular weight excluding hydrogens is 451 g/mol. The Kier molecular flexibility index (Phi) is 11.7. The molecule has 0 saturated carbocycles. The van der Waals surface area contributed by atoms with Gasteiger partial charge in [-0.3, -0.25) is 0 Å². The summed E-state index contributed by atoms with van der Waals surface area (Å²) in [6, 6.07) is 8.90. The Hall–Kier alpha value is -1.64. The van der Waals surface area contributed by atoms with E-state index in [4.69, 9.17) is 4.99 Å². The predicted molar refractivity (Wildman–Crippen MR) is 123 cm³/mol. The van der Waals surface area contributed by atoms with Gasteiger partial charge in [-0.25, -0.2) is 14.7 Å². The number of nitrogens with zero attached hydrogens (tertiary/aromatic N) is 4. The first-order valence-corrected chi connectivity index (χ1v) is 9.66. The van der Waals surface area contributed by atoms with Crippen LogP contribution in [0.25, 0.3) is 0 Å². The second-order valence-corrected chi connectivity index (χ2v) is 6.65. The van der Waals surface area contributed by atoms with Gasteiger partial charge in [-0.2, -0.15) is 5.10 Å². The molecule has 0 aliphatic carbocycles. The molecule has 2 N–H and O–H groups in total. The molecule has 1 atom stereocenters. The molecule has 2 rings (SSSR count). The van der Waals surface area contributed by atoms with Gasteiger partial charge in [0.25, 0.3) is 0 Å². The van der Waals surface area contributed by atoms with Crippen LogP contribution in [0.2, 0.25) is 0 Å². The van der Waals surface area contributed by atoms with Crippen LogP contribution in [-0.4, -0.2) is 33.3 Å². The molecule has 27 heavy (non-hydrogen) atoms. The number of rotatable bonds is 10. The first-order valence-electron chi connectivity index (χ1n) is 9.66. The van der Waals surface area contributed by atoms with Gasteiger partial charge in [-0.15, -0.1) is 24.0 Å². The van der Waals surface area contributed by atoms with Gasteiger partial charge in [0.1, 0.15) is 12.7 Å².